The van der Waals surface area contributed by atoms with E-state index < -0.39 is 17.8 Å². The highest BCUT2D eigenvalue weighted by Crippen LogP contribution is 2.36. The second kappa shape index (κ2) is 5.91. The first kappa shape index (κ1) is 15.3. The van der Waals surface area contributed by atoms with Crippen LogP contribution in [0, 0.1) is 5.92 Å². The summed E-state index contributed by atoms with van der Waals surface area (Å²) in [5.41, 5.74) is -0.210. The molecule has 1 aliphatic carbocycles. The third-order valence-electron chi connectivity index (χ3n) is 4.30. The lowest BCUT2D eigenvalue weighted by Crippen LogP contribution is -2.40. The molecule has 0 aromatic carbocycles. The van der Waals surface area contributed by atoms with Gasteiger partial charge in [0.1, 0.15) is 0 Å². The molecule has 1 aromatic rings. The summed E-state index contributed by atoms with van der Waals surface area (Å²) in [5, 5.41) is 5.86. The zero-order valence-electron chi connectivity index (χ0n) is 12.1. The van der Waals surface area contributed by atoms with Crippen molar-refractivity contribution >= 4 is 5.91 Å². The first-order valence-electron chi connectivity index (χ1n) is 7.46. The van der Waals surface area contributed by atoms with Gasteiger partial charge in [-0.1, -0.05) is 0 Å². The number of fused-ring (bicyclic) bond motifs is 1. The standard InChI is InChI=1S/C14H18F3N3O2/c15-14(16,17)12-10-8-9(2-3-11(10)18-19-12)13(21)20-4-1-6-22-7-5-20/h9H,1-8H2,(H,18,19). The molecule has 2 aliphatic rings. The van der Waals surface area contributed by atoms with Gasteiger partial charge in [0, 0.05) is 36.9 Å². The Kier molecular flexibility index (Phi) is 4.12. The number of aromatic amines is 1. The van der Waals surface area contributed by atoms with Crippen molar-refractivity contribution in [2.24, 2.45) is 5.92 Å². The SMILES string of the molecule is O=C(C1CCc2[nH]nc(C(F)(F)F)c2C1)N1CCCOCC1. The molecule has 1 aromatic heterocycles. The summed E-state index contributed by atoms with van der Waals surface area (Å²) >= 11 is 0. The highest BCUT2D eigenvalue weighted by molar-refractivity contribution is 5.79. The average Bonchev–Trinajstić information content (AvgIpc) is 2.72. The fourth-order valence-electron chi connectivity index (χ4n) is 3.16. The molecule has 1 saturated heterocycles. The third kappa shape index (κ3) is 2.97. The van der Waals surface area contributed by atoms with Crippen molar-refractivity contribution in [1.29, 1.82) is 0 Å². The van der Waals surface area contributed by atoms with Gasteiger partial charge in [0.25, 0.3) is 0 Å². The minimum absolute atomic E-state index is 0.0644. The summed E-state index contributed by atoms with van der Waals surface area (Å²) < 4.78 is 44.2. The largest absolute Gasteiger partial charge is 0.435 e. The van der Waals surface area contributed by atoms with Gasteiger partial charge in [0.2, 0.25) is 5.91 Å². The Hall–Kier alpha value is -1.57. The fourth-order valence-corrected chi connectivity index (χ4v) is 3.16. The number of nitrogens with zero attached hydrogens (tertiary/aromatic N) is 2. The second-order valence-electron chi connectivity index (χ2n) is 5.76. The van der Waals surface area contributed by atoms with Crippen molar-refractivity contribution < 1.29 is 22.7 Å². The van der Waals surface area contributed by atoms with E-state index >= 15 is 0 Å². The summed E-state index contributed by atoms with van der Waals surface area (Å²) in [6.45, 7) is 2.24. The number of aryl methyl sites for hydroxylation is 1. The highest BCUT2D eigenvalue weighted by Gasteiger charge is 2.41. The van der Waals surface area contributed by atoms with Crippen LogP contribution in [-0.2, 0) is 28.5 Å². The predicted molar refractivity (Wildman–Crippen MR) is 71.1 cm³/mol. The molecule has 3 rings (SSSR count). The number of hydrogen-bond acceptors (Lipinski definition) is 3. The summed E-state index contributed by atoms with van der Waals surface area (Å²) in [6.07, 6.45) is -2.62. The zero-order valence-corrected chi connectivity index (χ0v) is 12.1. The number of nitrogens with one attached hydrogen (secondary N) is 1. The Morgan fingerprint density at radius 2 is 2.14 bits per heavy atom. The Labute approximate surface area is 125 Å². The topological polar surface area (TPSA) is 58.2 Å². The zero-order chi connectivity index (χ0) is 15.7. The van der Waals surface area contributed by atoms with Gasteiger partial charge in [0.15, 0.2) is 5.69 Å². The molecule has 1 amide bonds. The molecule has 1 N–H and O–H groups in total. The molecule has 1 unspecified atom stereocenters. The first-order chi connectivity index (χ1) is 10.5. The van der Waals surface area contributed by atoms with Gasteiger partial charge in [0.05, 0.1) is 6.61 Å². The van der Waals surface area contributed by atoms with Crippen LogP contribution in [0.15, 0.2) is 0 Å². The quantitative estimate of drug-likeness (QED) is 0.859. The van der Waals surface area contributed by atoms with Gasteiger partial charge >= 0.3 is 6.18 Å². The molecule has 0 spiro atoms. The molecule has 1 fully saturated rings. The Morgan fingerprint density at radius 3 is 2.91 bits per heavy atom. The summed E-state index contributed by atoms with van der Waals surface area (Å²) in [6, 6.07) is 0. The minimum Gasteiger partial charge on any atom is -0.380 e. The van der Waals surface area contributed by atoms with Crippen LogP contribution < -0.4 is 0 Å². The monoisotopic (exact) mass is 317 g/mol. The molecule has 22 heavy (non-hydrogen) atoms. The number of ether oxygens (including phenoxy) is 1. The van der Waals surface area contributed by atoms with Gasteiger partial charge in [-0.25, -0.2) is 0 Å². The number of carbonyl (C=O) groups is 1. The van der Waals surface area contributed by atoms with E-state index in [0.717, 1.165) is 6.42 Å². The first-order valence-corrected chi connectivity index (χ1v) is 7.46. The molecule has 1 aliphatic heterocycles. The lowest BCUT2D eigenvalue weighted by atomic mass is 9.85. The number of alkyl halides is 3. The Balaban J connectivity index is 1.75. The van der Waals surface area contributed by atoms with E-state index in [1.165, 1.54) is 0 Å². The number of aromatic nitrogens is 2. The molecule has 2 heterocycles. The van der Waals surface area contributed by atoms with Gasteiger partial charge in [-0.2, -0.15) is 18.3 Å². The van der Waals surface area contributed by atoms with E-state index in [1.807, 2.05) is 0 Å². The van der Waals surface area contributed by atoms with Crippen molar-refractivity contribution in [1.82, 2.24) is 15.1 Å². The number of rotatable bonds is 1. The normalized spacial score (nSPS) is 23.0. The molecular weight excluding hydrogens is 299 g/mol. The van der Waals surface area contributed by atoms with Gasteiger partial charge in [-0.3, -0.25) is 9.89 Å². The second-order valence-corrected chi connectivity index (χ2v) is 5.76. The third-order valence-corrected chi connectivity index (χ3v) is 4.30. The maximum Gasteiger partial charge on any atom is 0.435 e. The molecular formula is C14H18F3N3O2. The smallest absolute Gasteiger partial charge is 0.380 e. The van der Waals surface area contributed by atoms with Gasteiger partial charge < -0.3 is 9.64 Å². The number of hydrogen-bond donors (Lipinski definition) is 1. The number of amides is 1. The van der Waals surface area contributed by atoms with Crippen LogP contribution in [0.3, 0.4) is 0 Å². The van der Waals surface area contributed by atoms with Crippen molar-refractivity contribution in [2.45, 2.75) is 31.9 Å². The molecule has 0 bridgehead atoms. The number of carbonyl (C=O) groups excluding carboxylic acids is 1. The van der Waals surface area contributed by atoms with Crippen LogP contribution >= 0.6 is 0 Å². The lowest BCUT2D eigenvalue weighted by molar-refractivity contribution is -0.143. The van der Waals surface area contributed by atoms with E-state index in [0.29, 0.717) is 44.8 Å². The van der Waals surface area contributed by atoms with Crippen molar-refractivity contribution in [2.75, 3.05) is 26.3 Å². The Morgan fingerprint density at radius 1 is 1.32 bits per heavy atom. The van der Waals surface area contributed by atoms with Crippen LogP contribution in [0.5, 0.6) is 0 Å². The maximum absolute atomic E-state index is 13.0. The van der Waals surface area contributed by atoms with Gasteiger partial charge in [-0.15, -0.1) is 0 Å². The van der Waals surface area contributed by atoms with E-state index in [2.05, 4.69) is 10.2 Å². The number of H-pyrrole nitrogens is 1. The van der Waals surface area contributed by atoms with E-state index in [1.54, 1.807) is 4.90 Å². The summed E-state index contributed by atoms with van der Waals surface area (Å²) in [7, 11) is 0. The lowest BCUT2D eigenvalue weighted by Gasteiger charge is -2.28. The molecule has 122 valence electrons. The van der Waals surface area contributed by atoms with E-state index in [4.69, 9.17) is 4.74 Å². The van der Waals surface area contributed by atoms with Crippen molar-refractivity contribution in [3.05, 3.63) is 17.0 Å². The molecule has 5 nitrogen and oxygen atoms in total. The van der Waals surface area contributed by atoms with E-state index in [9.17, 15) is 18.0 Å². The Bertz CT molecular complexity index is 548. The highest BCUT2D eigenvalue weighted by atomic mass is 19.4. The fraction of sp³-hybridized carbons (Fsp3) is 0.714. The summed E-state index contributed by atoms with van der Waals surface area (Å²) in [4.78, 5) is 14.3. The average molecular weight is 317 g/mol. The molecule has 0 saturated carbocycles. The van der Waals surface area contributed by atoms with E-state index in [-0.39, 0.29) is 17.9 Å². The van der Waals surface area contributed by atoms with Crippen LogP contribution in [0.2, 0.25) is 0 Å². The maximum atomic E-state index is 13.0. The van der Waals surface area contributed by atoms with Crippen LogP contribution in [0.4, 0.5) is 13.2 Å². The number of halogens is 3. The summed E-state index contributed by atoms with van der Waals surface area (Å²) in [5.74, 6) is -0.463. The molecule has 1 atom stereocenters. The van der Waals surface area contributed by atoms with Gasteiger partial charge in [-0.05, 0) is 25.7 Å². The van der Waals surface area contributed by atoms with Crippen molar-refractivity contribution in [3.8, 4) is 0 Å². The van der Waals surface area contributed by atoms with Crippen LogP contribution in [0.1, 0.15) is 29.8 Å². The predicted octanol–water partition coefficient (Wildman–Crippen LogP) is 1.78. The van der Waals surface area contributed by atoms with Crippen LogP contribution in [0.25, 0.3) is 0 Å². The van der Waals surface area contributed by atoms with Crippen molar-refractivity contribution in [3.63, 3.8) is 0 Å². The molecule has 8 heteroatoms. The minimum atomic E-state index is -4.48. The molecule has 0 radical (unpaired) electrons. The van der Waals surface area contributed by atoms with Crippen LogP contribution in [-0.4, -0.2) is 47.3 Å².